The highest BCUT2D eigenvalue weighted by atomic mass is 16.4. The number of nitrogens with one attached hydrogen (secondary N) is 1. The van der Waals surface area contributed by atoms with Crippen LogP contribution in [0.25, 0.3) is 0 Å². The van der Waals surface area contributed by atoms with Gasteiger partial charge in [-0.2, -0.15) is 0 Å². The van der Waals surface area contributed by atoms with Gasteiger partial charge < -0.3 is 15.3 Å². The van der Waals surface area contributed by atoms with Crippen molar-refractivity contribution in [2.24, 2.45) is 0 Å². The molecule has 0 radical (unpaired) electrons. The lowest BCUT2D eigenvalue weighted by atomic mass is 9.93. The summed E-state index contributed by atoms with van der Waals surface area (Å²) in [6, 6.07) is -0.273. The third-order valence-corrected chi connectivity index (χ3v) is 3.24. The van der Waals surface area contributed by atoms with Crippen LogP contribution in [0.15, 0.2) is 0 Å². The molecule has 0 rings (SSSR count). The minimum atomic E-state index is -1.14. The summed E-state index contributed by atoms with van der Waals surface area (Å²) < 4.78 is 0. The molecule has 0 atom stereocenters. The molecule has 0 aliphatic rings. The highest BCUT2D eigenvalue weighted by Gasteiger charge is 2.37. The molecule has 0 aliphatic carbocycles. The Labute approximate surface area is 110 Å². The molecular formula is C13H26N2O3. The molecule has 18 heavy (non-hydrogen) atoms. The molecule has 0 fully saturated rings. The van der Waals surface area contributed by atoms with Crippen LogP contribution in [0.2, 0.25) is 0 Å². The van der Waals surface area contributed by atoms with Gasteiger partial charge in [0.15, 0.2) is 0 Å². The molecule has 0 unspecified atom stereocenters. The molecule has 5 heteroatoms. The van der Waals surface area contributed by atoms with Gasteiger partial charge in [0.05, 0.1) is 0 Å². The second-order valence-electron chi connectivity index (χ2n) is 4.51. The van der Waals surface area contributed by atoms with Crippen molar-refractivity contribution in [2.75, 3.05) is 13.1 Å². The van der Waals surface area contributed by atoms with Crippen LogP contribution in [0.1, 0.15) is 53.4 Å². The Hall–Kier alpha value is -1.26. The van der Waals surface area contributed by atoms with Crippen molar-refractivity contribution in [3.63, 3.8) is 0 Å². The molecule has 5 nitrogen and oxygen atoms in total. The predicted molar refractivity (Wildman–Crippen MR) is 71.6 cm³/mol. The number of urea groups is 1. The summed E-state index contributed by atoms with van der Waals surface area (Å²) in [6.07, 6.45) is 2.50. The molecule has 106 valence electrons. The highest BCUT2D eigenvalue weighted by molar-refractivity contribution is 5.86. The van der Waals surface area contributed by atoms with Crippen molar-refractivity contribution in [3.05, 3.63) is 0 Å². The zero-order chi connectivity index (χ0) is 14.2. The van der Waals surface area contributed by atoms with Crippen molar-refractivity contribution in [2.45, 2.75) is 58.9 Å². The minimum Gasteiger partial charge on any atom is -0.480 e. The maximum absolute atomic E-state index is 12.1. The molecule has 0 bridgehead atoms. The monoisotopic (exact) mass is 258 g/mol. The number of carboxylic acids is 1. The second-order valence-corrected chi connectivity index (χ2v) is 4.51. The summed E-state index contributed by atoms with van der Waals surface area (Å²) in [6.45, 7) is 8.87. The molecule has 0 spiro atoms. The van der Waals surface area contributed by atoms with E-state index in [0.29, 0.717) is 25.9 Å². The molecule has 0 heterocycles. The highest BCUT2D eigenvalue weighted by Crippen LogP contribution is 2.16. The Morgan fingerprint density at radius 2 is 1.50 bits per heavy atom. The van der Waals surface area contributed by atoms with Gasteiger partial charge in [-0.25, -0.2) is 9.59 Å². The Morgan fingerprint density at radius 3 is 1.78 bits per heavy atom. The molecule has 0 aromatic carbocycles. The standard InChI is InChI=1S/C13H26N2O3/c1-5-9-15(10-6-2)12(18)14-13(7-3,8-4)11(16)17/h5-10H2,1-4H3,(H,14,18)(H,16,17). The zero-order valence-electron chi connectivity index (χ0n) is 12.0. The Kier molecular flexibility index (Phi) is 7.39. The van der Waals surface area contributed by atoms with E-state index in [2.05, 4.69) is 5.32 Å². The van der Waals surface area contributed by atoms with Crippen LogP contribution < -0.4 is 5.32 Å². The van der Waals surface area contributed by atoms with E-state index in [1.54, 1.807) is 18.7 Å². The third-order valence-electron chi connectivity index (χ3n) is 3.24. The van der Waals surface area contributed by atoms with Crippen molar-refractivity contribution < 1.29 is 14.7 Å². The van der Waals surface area contributed by atoms with Gasteiger partial charge >= 0.3 is 12.0 Å². The lowest BCUT2D eigenvalue weighted by Gasteiger charge is -2.32. The summed E-state index contributed by atoms with van der Waals surface area (Å²) >= 11 is 0. The maximum Gasteiger partial charge on any atom is 0.329 e. The molecule has 0 saturated heterocycles. The quantitative estimate of drug-likeness (QED) is 0.702. The van der Waals surface area contributed by atoms with Gasteiger partial charge in [-0.3, -0.25) is 0 Å². The summed E-state index contributed by atoms with van der Waals surface area (Å²) in [5.74, 6) is -0.964. The molecule has 2 amide bonds. The van der Waals surface area contributed by atoms with Crippen LogP contribution in [-0.2, 0) is 4.79 Å². The first-order chi connectivity index (χ1) is 8.47. The maximum atomic E-state index is 12.1. The van der Waals surface area contributed by atoms with Gasteiger partial charge in [0, 0.05) is 13.1 Å². The Balaban J connectivity index is 4.80. The lowest BCUT2D eigenvalue weighted by molar-refractivity contribution is -0.144. The molecule has 2 N–H and O–H groups in total. The van der Waals surface area contributed by atoms with Crippen LogP contribution in [0.4, 0.5) is 4.79 Å². The van der Waals surface area contributed by atoms with Gasteiger partial charge in [0.1, 0.15) is 5.54 Å². The average molecular weight is 258 g/mol. The van der Waals surface area contributed by atoms with Gasteiger partial charge in [-0.15, -0.1) is 0 Å². The van der Waals surface area contributed by atoms with E-state index in [-0.39, 0.29) is 6.03 Å². The molecule has 0 aromatic rings. The largest absolute Gasteiger partial charge is 0.480 e. The number of amides is 2. The molecular weight excluding hydrogens is 232 g/mol. The number of hydrogen-bond acceptors (Lipinski definition) is 2. The number of nitrogens with zero attached hydrogens (tertiary/aromatic N) is 1. The number of hydrogen-bond donors (Lipinski definition) is 2. The minimum absolute atomic E-state index is 0.273. The van der Waals surface area contributed by atoms with E-state index in [9.17, 15) is 14.7 Å². The van der Waals surface area contributed by atoms with E-state index in [1.807, 2.05) is 13.8 Å². The topological polar surface area (TPSA) is 69.6 Å². The van der Waals surface area contributed by atoms with Crippen LogP contribution in [0, 0.1) is 0 Å². The van der Waals surface area contributed by atoms with E-state index in [1.165, 1.54) is 0 Å². The third kappa shape index (κ3) is 4.20. The molecule has 0 aromatic heterocycles. The normalized spacial score (nSPS) is 11.1. The first-order valence-corrected chi connectivity index (χ1v) is 6.77. The van der Waals surface area contributed by atoms with Crippen molar-refractivity contribution in [1.82, 2.24) is 10.2 Å². The SMILES string of the molecule is CCCN(CCC)C(=O)NC(CC)(CC)C(=O)O. The molecule has 0 saturated carbocycles. The predicted octanol–water partition coefficient (Wildman–Crippen LogP) is 2.46. The number of carbonyl (C=O) groups is 2. The Morgan fingerprint density at radius 1 is 1.06 bits per heavy atom. The lowest BCUT2D eigenvalue weighted by Crippen LogP contribution is -2.57. The smallest absolute Gasteiger partial charge is 0.329 e. The summed E-state index contributed by atoms with van der Waals surface area (Å²) in [5, 5.41) is 12.0. The summed E-state index contributed by atoms with van der Waals surface area (Å²) in [7, 11) is 0. The van der Waals surface area contributed by atoms with Gasteiger partial charge in [0.2, 0.25) is 0 Å². The van der Waals surface area contributed by atoms with E-state index >= 15 is 0 Å². The van der Waals surface area contributed by atoms with Crippen LogP contribution in [0.3, 0.4) is 0 Å². The first-order valence-electron chi connectivity index (χ1n) is 6.77. The van der Waals surface area contributed by atoms with Gasteiger partial charge in [-0.1, -0.05) is 27.7 Å². The zero-order valence-corrected chi connectivity index (χ0v) is 12.0. The van der Waals surface area contributed by atoms with Crippen molar-refractivity contribution in [1.29, 1.82) is 0 Å². The number of carbonyl (C=O) groups excluding carboxylic acids is 1. The van der Waals surface area contributed by atoms with Gasteiger partial charge in [-0.05, 0) is 25.7 Å². The number of aliphatic carboxylic acids is 1. The van der Waals surface area contributed by atoms with E-state index in [0.717, 1.165) is 12.8 Å². The van der Waals surface area contributed by atoms with Crippen molar-refractivity contribution in [3.8, 4) is 0 Å². The van der Waals surface area contributed by atoms with E-state index < -0.39 is 11.5 Å². The number of carboxylic acid groups (broad SMARTS) is 1. The average Bonchev–Trinajstić information content (AvgIpc) is 2.35. The summed E-state index contributed by atoms with van der Waals surface area (Å²) in [4.78, 5) is 25.1. The van der Waals surface area contributed by atoms with E-state index in [4.69, 9.17) is 0 Å². The Bertz CT molecular complexity index is 269. The van der Waals surface area contributed by atoms with Gasteiger partial charge in [0.25, 0.3) is 0 Å². The first kappa shape index (κ1) is 16.7. The van der Waals surface area contributed by atoms with Crippen LogP contribution in [-0.4, -0.2) is 40.6 Å². The molecule has 0 aliphatic heterocycles. The van der Waals surface area contributed by atoms with Crippen molar-refractivity contribution >= 4 is 12.0 Å². The number of rotatable bonds is 8. The fourth-order valence-corrected chi connectivity index (χ4v) is 1.92. The second kappa shape index (κ2) is 7.95. The van der Waals surface area contributed by atoms with Crippen LogP contribution >= 0.6 is 0 Å². The summed E-state index contributed by atoms with van der Waals surface area (Å²) in [5.41, 5.74) is -1.14. The fraction of sp³-hybridized carbons (Fsp3) is 0.846. The van der Waals surface area contributed by atoms with Crippen LogP contribution in [0.5, 0.6) is 0 Å². The fourth-order valence-electron chi connectivity index (χ4n) is 1.92.